The number of methoxy groups -OCH3 is 1. The summed E-state index contributed by atoms with van der Waals surface area (Å²) in [6.07, 6.45) is 6.01. The lowest BCUT2D eigenvalue weighted by atomic mass is 9.84. The Balaban J connectivity index is 1.59. The molecule has 0 bridgehead atoms. The van der Waals surface area contributed by atoms with Crippen molar-refractivity contribution >= 4 is 23.1 Å². The number of hydrogen-bond donors (Lipinski definition) is 0. The number of piperidine rings is 1. The molecule has 0 N–H and O–H groups in total. The molecule has 0 atom stereocenters. The minimum absolute atomic E-state index is 0.0966. The van der Waals surface area contributed by atoms with Gasteiger partial charge in [-0.2, -0.15) is 4.98 Å². The lowest BCUT2D eigenvalue weighted by molar-refractivity contribution is -0.141. The Morgan fingerprint density at radius 3 is 2.59 bits per heavy atom. The molecule has 182 valence electrons. The molecule has 1 aliphatic rings. The number of imidazole rings is 1. The van der Waals surface area contributed by atoms with Crippen LogP contribution in [0.15, 0.2) is 24.5 Å². The zero-order valence-corrected chi connectivity index (χ0v) is 21.4. The zero-order chi connectivity index (χ0) is 24.5. The lowest BCUT2D eigenvalue weighted by Gasteiger charge is -2.32. The maximum Gasteiger partial charge on any atom is 0.305 e. The van der Waals surface area contributed by atoms with Gasteiger partial charge in [0.05, 0.1) is 19.1 Å². The SMILES string of the molecule is COC(=O)CCC1CCN(c2nc(Cc3cc(C(C)(C)C)ccc3C)c3c(ncn3C)n2)CC1. The van der Waals surface area contributed by atoms with Gasteiger partial charge in [0.25, 0.3) is 0 Å². The summed E-state index contributed by atoms with van der Waals surface area (Å²) in [5.74, 6) is 1.18. The number of carbonyl (C=O) groups is 1. The third kappa shape index (κ3) is 5.24. The van der Waals surface area contributed by atoms with Crippen molar-refractivity contribution in [1.29, 1.82) is 0 Å². The molecule has 1 fully saturated rings. The second kappa shape index (κ2) is 9.72. The topological polar surface area (TPSA) is 73.1 Å². The average molecular weight is 464 g/mol. The first kappa shape index (κ1) is 24.2. The van der Waals surface area contributed by atoms with E-state index in [4.69, 9.17) is 14.7 Å². The highest BCUT2D eigenvalue weighted by Crippen LogP contribution is 2.29. The molecule has 3 heterocycles. The van der Waals surface area contributed by atoms with Crippen LogP contribution < -0.4 is 4.90 Å². The highest BCUT2D eigenvalue weighted by atomic mass is 16.5. The monoisotopic (exact) mass is 463 g/mol. The van der Waals surface area contributed by atoms with Crippen molar-refractivity contribution in [3.05, 3.63) is 46.9 Å². The summed E-state index contributed by atoms with van der Waals surface area (Å²) in [6.45, 7) is 10.7. The second-order valence-electron chi connectivity index (χ2n) is 10.6. The molecule has 3 aromatic rings. The smallest absolute Gasteiger partial charge is 0.305 e. The molecule has 0 saturated carbocycles. The van der Waals surface area contributed by atoms with Gasteiger partial charge in [-0.3, -0.25) is 4.79 Å². The van der Waals surface area contributed by atoms with Crippen LogP contribution in [0.5, 0.6) is 0 Å². The van der Waals surface area contributed by atoms with Crippen molar-refractivity contribution in [2.24, 2.45) is 13.0 Å². The van der Waals surface area contributed by atoms with Crippen molar-refractivity contribution in [2.75, 3.05) is 25.1 Å². The van der Waals surface area contributed by atoms with Crippen LogP contribution in [0.2, 0.25) is 0 Å². The van der Waals surface area contributed by atoms with E-state index in [9.17, 15) is 4.79 Å². The summed E-state index contributed by atoms with van der Waals surface area (Å²) >= 11 is 0. The molecular formula is C27H37N5O2. The Labute approximate surface area is 202 Å². The van der Waals surface area contributed by atoms with Gasteiger partial charge in [-0.1, -0.05) is 39.0 Å². The fourth-order valence-corrected chi connectivity index (χ4v) is 4.74. The van der Waals surface area contributed by atoms with Gasteiger partial charge in [0.1, 0.15) is 5.52 Å². The third-order valence-corrected chi connectivity index (χ3v) is 7.09. The van der Waals surface area contributed by atoms with E-state index in [0.717, 1.165) is 61.6 Å². The molecule has 4 rings (SSSR count). The van der Waals surface area contributed by atoms with Crippen molar-refractivity contribution < 1.29 is 9.53 Å². The molecule has 0 radical (unpaired) electrons. The first-order chi connectivity index (χ1) is 16.2. The van der Waals surface area contributed by atoms with Crippen molar-refractivity contribution in [3.63, 3.8) is 0 Å². The van der Waals surface area contributed by atoms with E-state index < -0.39 is 0 Å². The van der Waals surface area contributed by atoms with Crippen LogP contribution in [0.1, 0.15) is 68.8 Å². The predicted molar refractivity (Wildman–Crippen MR) is 135 cm³/mol. The maximum absolute atomic E-state index is 11.5. The molecule has 0 spiro atoms. The Kier molecular flexibility index (Phi) is 6.91. The molecule has 1 saturated heterocycles. The second-order valence-corrected chi connectivity index (χ2v) is 10.6. The molecule has 1 aliphatic heterocycles. The van der Waals surface area contributed by atoms with Gasteiger partial charge in [-0.15, -0.1) is 0 Å². The van der Waals surface area contributed by atoms with Crippen molar-refractivity contribution in [1.82, 2.24) is 19.5 Å². The molecule has 0 aliphatic carbocycles. The quantitative estimate of drug-likeness (QED) is 0.492. The Bertz CT molecular complexity index is 1170. The van der Waals surface area contributed by atoms with E-state index in [-0.39, 0.29) is 11.4 Å². The third-order valence-electron chi connectivity index (χ3n) is 7.09. The van der Waals surface area contributed by atoms with Crippen LogP contribution in [0.4, 0.5) is 5.95 Å². The highest BCUT2D eigenvalue weighted by Gasteiger charge is 2.24. The average Bonchev–Trinajstić information content (AvgIpc) is 3.19. The molecule has 0 amide bonds. The maximum atomic E-state index is 11.5. The van der Waals surface area contributed by atoms with E-state index in [0.29, 0.717) is 12.3 Å². The zero-order valence-electron chi connectivity index (χ0n) is 21.4. The van der Waals surface area contributed by atoms with Crippen LogP contribution >= 0.6 is 0 Å². The molecule has 1 aromatic carbocycles. The number of rotatable bonds is 6. The molecule has 7 nitrogen and oxygen atoms in total. The molecular weight excluding hydrogens is 426 g/mol. The largest absolute Gasteiger partial charge is 0.469 e. The normalized spacial score (nSPS) is 15.2. The summed E-state index contributed by atoms with van der Waals surface area (Å²) in [6, 6.07) is 6.78. The summed E-state index contributed by atoms with van der Waals surface area (Å²) < 4.78 is 6.82. The number of nitrogens with zero attached hydrogens (tertiary/aromatic N) is 5. The van der Waals surface area contributed by atoms with Gasteiger partial charge in [0.2, 0.25) is 5.95 Å². The van der Waals surface area contributed by atoms with Crippen LogP contribution in [0.3, 0.4) is 0 Å². The first-order valence-electron chi connectivity index (χ1n) is 12.3. The van der Waals surface area contributed by atoms with Gasteiger partial charge in [-0.05, 0) is 54.2 Å². The molecule has 34 heavy (non-hydrogen) atoms. The van der Waals surface area contributed by atoms with Crippen molar-refractivity contribution in [2.45, 2.75) is 65.2 Å². The number of benzene rings is 1. The number of aromatic nitrogens is 4. The van der Waals surface area contributed by atoms with Crippen LogP contribution in [-0.4, -0.2) is 45.7 Å². The Morgan fingerprint density at radius 1 is 1.18 bits per heavy atom. The first-order valence-corrected chi connectivity index (χ1v) is 12.3. The number of carbonyl (C=O) groups excluding carboxylic acids is 1. The number of hydrogen-bond acceptors (Lipinski definition) is 6. The lowest BCUT2D eigenvalue weighted by Crippen LogP contribution is -2.35. The van der Waals surface area contributed by atoms with Gasteiger partial charge < -0.3 is 14.2 Å². The number of fused-ring (bicyclic) bond motifs is 1. The number of anilines is 1. The van der Waals surface area contributed by atoms with E-state index in [2.05, 4.69) is 55.8 Å². The van der Waals surface area contributed by atoms with Crippen LogP contribution in [-0.2, 0) is 28.4 Å². The molecule has 7 heteroatoms. The van der Waals surface area contributed by atoms with Gasteiger partial charge >= 0.3 is 5.97 Å². The van der Waals surface area contributed by atoms with E-state index >= 15 is 0 Å². The van der Waals surface area contributed by atoms with E-state index in [1.165, 1.54) is 23.8 Å². The number of ether oxygens (including phenoxy) is 1. The van der Waals surface area contributed by atoms with E-state index in [1.807, 2.05) is 17.9 Å². The fraction of sp³-hybridized carbons (Fsp3) is 0.556. The Hall–Kier alpha value is -2.96. The summed E-state index contributed by atoms with van der Waals surface area (Å²) in [5.41, 5.74) is 6.76. The standard InChI is InChI=1S/C27H37N5O2/c1-18-7-9-21(27(2,3)4)15-20(18)16-22-24-25(28-17-31(24)5)30-26(29-22)32-13-11-19(12-14-32)8-10-23(33)34-6/h7,9,15,17,19H,8,10-14,16H2,1-6H3. The minimum Gasteiger partial charge on any atom is -0.469 e. The Morgan fingerprint density at radius 2 is 1.91 bits per heavy atom. The molecule has 2 aromatic heterocycles. The van der Waals surface area contributed by atoms with Gasteiger partial charge in [0, 0.05) is 33.0 Å². The number of esters is 1. The van der Waals surface area contributed by atoms with Crippen molar-refractivity contribution in [3.8, 4) is 0 Å². The van der Waals surface area contributed by atoms with Crippen LogP contribution in [0.25, 0.3) is 11.2 Å². The van der Waals surface area contributed by atoms with E-state index in [1.54, 1.807) is 0 Å². The number of aryl methyl sites for hydroxylation is 2. The fourth-order valence-electron chi connectivity index (χ4n) is 4.74. The minimum atomic E-state index is -0.123. The van der Waals surface area contributed by atoms with Gasteiger partial charge in [0.15, 0.2) is 5.65 Å². The highest BCUT2D eigenvalue weighted by molar-refractivity contribution is 5.75. The summed E-state index contributed by atoms with van der Waals surface area (Å²) in [4.78, 5) is 28.2. The predicted octanol–water partition coefficient (Wildman–Crippen LogP) is 4.73. The summed E-state index contributed by atoms with van der Waals surface area (Å²) in [7, 11) is 3.46. The summed E-state index contributed by atoms with van der Waals surface area (Å²) in [5, 5.41) is 0. The van der Waals surface area contributed by atoms with Gasteiger partial charge in [-0.25, -0.2) is 9.97 Å². The van der Waals surface area contributed by atoms with Crippen LogP contribution in [0, 0.1) is 12.8 Å². The molecule has 0 unspecified atom stereocenters.